The average molecular weight is 544 g/mol. The van der Waals surface area contributed by atoms with Crippen LogP contribution in [0.25, 0.3) is 0 Å². The summed E-state index contributed by atoms with van der Waals surface area (Å²) in [5, 5.41) is 18.3. The van der Waals surface area contributed by atoms with Gasteiger partial charge in [0.05, 0.1) is 22.2 Å². The Morgan fingerprint density at radius 2 is 1.76 bits per heavy atom. The summed E-state index contributed by atoms with van der Waals surface area (Å²) in [6.45, 7) is 4.78. The van der Waals surface area contributed by atoms with E-state index in [2.05, 4.69) is 15.2 Å². The molecular weight excluding hydrogens is 516 g/mol. The highest BCUT2D eigenvalue weighted by Gasteiger charge is 2.49. The van der Waals surface area contributed by atoms with Crippen molar-refractivity contribution in [2.24, 2.45) is 17.8 Å². The van der Waals surface area contributed by atoms with Gasteiger partial charge in [-0.3, -0.25) is 14.6 Å². The lowest BCUT2D eigenvalue weighted by Crippen LogP contribution is -2.57. The number of aromatic nitrogens is 3. The van der Waals surface area contributed by atoms with E-state index >= 15 is 0 Å². The van der Waals surface area contributed by atoms with Gasteiger partial charge in [0, 0.05) is 56.2 Å². The van der Waals surface area contributed by atoms with Gasteiger partial charge < -0.3 is 14.9 Å². The van der Waals surface area contributed by atoms with Gasteiger partial charge in [0.25, 0.3) is 5.56 Å². The summed E-state index contributed by atoms with van der Waals surface area (Å²) in [5.74, 6) is -2.63. The van der Waals surface area contributed by atoms with E-state index in [9.17, 15) is 23.5 Å². The highest BCUT2D eigenvalue weighted by Crippen LogP contribution is 2.43. The number of nitrogens with one attached hydrogen (secondary N) is 1. The van der Waals surface area contributed by atoms with Gasteiger partial charge in [-0.2, -0.15) is 5.10 Å². The summed E-state index contributed by atoms with van der Waals surface area (Å²) in [6.07, 6.45) is 1.36. The minimum atomic E-state index is -1.24. The second-order valence-corrected chi connectivity index (χ2v) is 10.7. The molecule has 2 aliphatic rings. The van der Waals surface area contributed by atoms with Crippen molar-refractivity contribution >= 4 is 23.3 Å². The van der Waals surface area contributed by atoms with E-state index < -0.39 is 23.3 Å². The number of hydrogen-bond acceptors (Lipinski definition) is 6. The molecule has 0 aliphatic carbocycles. The Bertz CT molecular complexity index is 1370. The zero-order valence-corrected chi connectivity index (χ0v) is 21.7. The lowest BCUT2D eigenvalue weighted by atomic mass is 9.70. The second kappa shape index (κ2) is 10.1. The van der Waals surface area contributed by atoms with Crippen molar-refractivity contribution in [3.63, 3.8) is 0 Å². The first-order valence-electron chi connectivity index (χ1n) is 12.5. The molecule has 200 valence electrons. The smallest absolute Gasteiger partial charge is 0.264 e. The van der Waals surface area contributed by atoms with Crippen LogP contribution < -0.4 is 10.5 Å². The maximum atomic E-state index is 15.0. The van der Waals surface area contributed by atoms with Gasteiger partial charge in [0.15, 0.2) is 0 Å². The minimum absolute atomic E-state index is 0.139. The van der Waals surface area contributed by atoms with Crippen LogP contribution in [0.15, 0.2) is 53.5 Å². The topological polar surface area (TPSA) is 102 Å². The van der Waals surface area contributed by atoms with Crippen molar-refractivity contribution in [3.05, 3.63) is 86.9 Å². The number of amides is 1. The second-order valence-electron chi connectivity index (χ2n) is 10.3. The molecule has 5 rings (SSSR count). The van der Waals surface area contributed by atoms with Crippen LogP contribution in [0.5, 0.6) is 0 Å². The number of aliphatic hydroxyl groups is 1. The maximum Gasteiger partial charge on any atom is 0.264 e. The van der Waals surface area contributed by atoms with Gasteiger partial charge in [-0.15, -0.1) is 0 Å². The van der Waals surface area contributed by atoms with Crippen LogP contribution in [0.2, 0.25) is 5.02 Å². The van der Waals surface area contributed by atoms with Crippen LogP contribution in [0, 0.1) is 29.4 Å². The van der Waals surface area contributed by atoms with E-state index in [1.807, 2.05) is 18.7 Å². The van der Waals surface area contributed by atoms with Crippen LogP contribution in [-0.4, -0.2) is 57.3 Å². The SMILES string of the molecule is CC1CN(C(=O)C2CN(c3ccc(=O)[nH]n3)CC2c2ncc(Cl)cc2F)CC(C)C1(O)c1ccc(F)cc1. The molecular formula is C27H28ClF2N5O3. The van der Waals surface area contributed by atoms with Gasteiger partial charge in [-0.1, -0.05) is 37.6 Å². The van der Waals surface area contributed by atoms with E-state index in [1.54, 1.807) is 23.1 Å². The number of carbonyl (C=O) groups excluding carboxylic acids is 1. The number of likely N-dealkylation sites (tertiary alicyclic amines) is 1. The first-order chi connectivity index (χ1) is 18.1. The standard InChI is InChI=1S/C27H28ClF2N5O3/c1-15-11-35(12-16(2)27(15,38)17-3-5-19(29)6-4-17)26(37)21-14-34(23-7-8-24(36)33-32-23)13-20(21)25-22(30)9-18(28)10-31-25/h3-10,15-16,20-21,38H,11-14H2,1-2H3,(H,33,36). The van der Waals surface area contributed by atoms with Crippen LogP contribution in [-0.2, 0) is 10.4 Å². The van der Waals surface area contributed by atoms with Crippen LogP contribution in [0.1, 0.15) is 31.0 Å². The molecule has 38 heavy (non-hydrogen) atoms. The Hall–Kier alpha value is -3.37. The van der Waals surface area contributed by atoms with E-state index in [1.165, 1.54) is 30.5 Å². The Morgan fingerprint density at radius 3 is 2.37 bits per heavy atom. The maximum absolute atomic E-state index is 15.0. The molecule has 4 heterocycles. The number of rotatable bonds is 4. The molecule has 2 aliphatic heterocycles. The van der Waals surface area contributed by atoms with Gasteiger partial charge in [-0.25, -0.2) is 13.9 Å². The van der Waals surface area contributed by atoms with E-state index in [-0.39, 0.29) is 66.0 Å². The number of halogens is 3. The highest BCUT2D eigenvalue weighted by atomic mass is 35.5. The van der Waals surface area contributed by atoms with Crippen molar-refractivity contribution in [1.29, 1.82) is 0 Å². The fourth-order valence-electron chi connectivity index (χ4n) is 5.93. The van der Waals surface area contributed by atoms with Crippen molar-refractivity contribution in [2.45, 2.75) is 25.4 Å². The molecule has 1 amide bonds. The monoisotopic (exact) mass is 543 g/mol. The summed E-state index contributed by atoms with van der Waals surface area (Å²) < 4.78 is 28.5. The molecule has 2 saturated heterocycles. The number of hydrogen-bond donors (Lipinski definition) is 2. The fourth-order valence-corrected chi connectivity index (χ4v) is 6.07. The lowest BCUT2D eigenvalue weighted by molar-refractivity contribution is -0.152. The Kier molecular flexibility index (Phi) is 6.96. The van der Waals surface area contributed by atoms with Gasteiger partial charge in [0.1, 0.15) is 17.5 Å². The first-order valence-corrected chi connectivity index (χ1v) is 12.8. The van der Waals surface area contributed by atoms with Crippen molar-refractivity contribution in [3.8, 4) is 0 Å². The number of H-pyrrole nitrogens is 1. The predicted molar refractivity (Wildman–Crippen MR) is 138 cm³/mol. The average Bonchev–Trinajstić information content (AvgIpc) is 3.32. The number of anilines is 1. The summed E-state index contributed by atoms with van der Waals surface area (Å²) in [5.41, 5.74) is -0.851. The highest BCUT2D eigenvalue weighted by molar-refractivity contribution is 6.30. The Labute approximate surface area is 223 Å². The third-order valence-corrected chi connectivity index (χ3v) is 8.13. The molecule has 1 aromatic carbocycles. The molecule has 2 N–H and O–H groups in total. The molecule has 8 nitrogen and oxygen atoms in total. The lowest BCUT2D eigenvalue weighted by Gasteiger charge is -2.48. The van der Waals surface area contributed by atoms with Crippen LogP contribution in [0.4, 0.5) is 14.6 Å². The molecule has 0 spiro atoms. The zero-order chi connectivity index (χ0) is 27.2. The molecule has 11 heteroatoms. The van der Waals surface area contributed by atoms with Gasteiger partial charge in [0.2, 0.25) is 5.91 Å². The quantitative estimate of drug-likeness (QED) is 0.523. The molecule has 2 fully saturated rings. The minimum Gasteiger partial charge on any atom is -0.384 e. The number of benzene rings is 1. The Morgan fingerprint density at radius 1 is 1.08 bits per heavy atom. The van der Waals surface area contributed by atoms with Crippen molar-refractivity contribution in [2.75, 3.05) is 31.1 Å². The molecule has 4 unspecified atom stereocenters. The normalized spacial score (nSPS) is 27.5. The van der Waals surface area contributed by atoms with Crippen molar-refractivity contribution in [1.82, 2.24) is 20.1 Å². The number of piperidine rings is 1. The van der Waals surface area contributed by atoms with Crippen molar-refractivity contribution < 1.29 is 18.7 Å². The molecule has 0 radical (unpaired) electrons. The molecule has 3 aromatic rings. The predicted octanol–water partition coefficient (Wildman–Crippen LogP) is 3.32. The van der Waals surface area contributed by atoms with E-state index in [0.29, 0.717) is 11.4 Å². The molecule has 0 saturated carbocycles. The van der Waals surface area contributed by atoms with Crippen LogP contribution >= 0.6 is 11.6 Å². The van der Waals surface area contributed by atoms with Gasteiger partial charge >= 0.3 is 0 Å². The van der Waals surface area contributed by atoms with E-state index in [4.69, 9.17) is 11.6 Å². The van der Waals surface area contributed by atoms with Gasteiger partial charge in [-0.05, 0) is 29.8 Å². The summed E-state index contributed by atoms with van der Waals surface area (Å²) >= 11 is 5.93. The molecule has 2 aromatic heterocycles. The Balaban J connectivity index is 1.43. The largest absolute Gasteiger partial charge is 0.384 e. The first kappa shape index (κ1) is 26.2. The number of pyridine rings is 1. The third-order valence-electron chi connectivity index (χ3n) is 7.92. The summed E-state index contributed by atoms with van der Waals surface area (Å²) in [4.78, 5) is 33.3. The zero-order valence-electron chi connectivity index (χ0n) is 20.9. The fraction of sp³-hybridized carbons (Fsp3) is 0.407. The summed E-state index contributed by atoms with van der Waals surface area (Å²) in [7, 11) is 0. The van der Waals surface area contributed by atoms with Crippen LogP contribution in [0.3, 0.4) is 0 Å². The summed E-state index contributed by atoms with van der Waals surface area (Å²) in [6, 6.07) is 9.88. The number of carbonyl (C=O) groups is 1. The third kappa shape index (κ3) is 4.67. The number of nitrogens with zero attached hydrogens (tertiary/aromatic N) is 4. The van der Waals surface area contributed by atoms with E-state index in [0.717, 1.165) is 0 Å². The number of aromatic amines is 1. The molecule has 4 atom stereocenters. The molecule has 0 bridgehead atoms.